The Morgan fingerprint density at radius 2 is 2.12 bits per heavy atom. The molecule has 1 fully saturated rings. The molecule has 41 heavy (non-hydrogen) atoms. The highest BCUT2D eigenvalue weighted by atomic mass is 35.5. The number of carbonyl (C=O) groups is 1. The normalized spacial score (nSPS) is 19.0. The lowest BCUT2D eigenvalue weighted by molar-refractivity contribution is -0.137. The molecule has 1 saturated heterocycles. The number of carbonyl (C=O) groups excluding carboxylic acids is 1. The fourth-order valence-electron chi connectivity index (χ4n) is 5.01. The maximum atomic E-state index is 14.6. The van der Waals surface area contributed by atoms with Crippen LogP contribution in [0, 0.1) is 0 Å². The molecule has 5 rings (SSSR count). The molecule has 2 aliphatic heterocycles. The number of hydrogen-bond acceptors (Lipinski definition) is 6. The van der Waals surface area contributed by atoms with Crippen LogP contribution in [-0.4, -0.2) is 50.9 Å². The number of rotatable bonds is 6. The standard InChI is InChI=1S/C27H27ClF4N6O3/c1-3-22-18(9-15-8-14(2)33-11-15)25(40)38-26(35-24(36-38)17-6-7-41-13-20(17)29)37(22)12-23(39)34-21-5-4-16(10-19(21)28)27(30,31)32/h4-5,9-10,14,33H,3,6-8,11-13H2,1-2H3,(H,34,39)/b15-9+/t14-/m1/s1. The molecule has 4 heterocycles. The third kappa shape index (κ3) is 5.92. The summed E-state index contributed by atoms with van der Waals surface area (Å²) in [5.41, 5.74) is 0.624. The molecule has 1 aromatic carbocycles. The van der Waals surface area contributed by atoms with Gasteiger partial charge in [-0.25, -0.2) is 4.39 Å². The summed E-state index contributed by atoms with van der Waals surface area (Å²) in [6.45, 7) is 4.12. The smallest absolute Gasteiger partial charge is 0.374 e. The number of anilines is 1. The van der Waals surface area contributed by atoms with Gasteiger partial charge in [0.05, 0.1) is 35.1 Å². The molecule has 0 bridgehead atoms. The largest absolute Gasteiger partial charge is 0.416 e. The zero-order valence-electron chi connectivity index (χ0n) is 22.2. The van der Waals surface area contributed by atoms with E-state index < -0.39 is 29.0 Å². The third-order valence-electron chi connectivity index (χ3n) is 7.02. The highest BCUT2D eigenvalue weighted by molar-refractivity contribution is 6.33. The minimum Gasteiger partial charge on any atom is -0.374 e. The molecule has 2 aliphatic rings. The van der Waals surface area contributed by atoms with Crippen molar-refractivity contribution in [3.63, 3.8) is 0 Å². The molecule has 9 nitrogen and oxygen atoms in total. The lowest BCUT2D eigenvalue weighted by Crippen LogP contribution is -2.29. The molecule has 218 valence electrons. The predicted molar refractivity (Wildman–Crippen MR) is 145 cm³/mol. The van der Waals surface area contributed by atoms with Crippen LogP contribution < -0.4 is 16.2 Å². The van der Waals surface area contributed by atoms with Gasteiger partial charge in [0.2, 0.25) is 11.7 Å². The molecule has 1 amide bonds. The van der Waals surface area contributed by atoms with E-state index >= 15 is 0 Å². The van der Waals surface area contributed by atoms with Crippen LogP contribution in [0.25, 0.3) is 17.4 Å². The Hall–Kier alpha value is -3.55. The van der Waals surface area contributed by atoms with Gasteiger partial charge in [0.1, 0.15) is 12.4 Å². The quantitative estimate of drug-likeness (QED) is 0.404. The van der Waals surface area contributed by atoms with Crippen LogP contribution >= 0.6 is 11.6 Å². The van der Waals surface area contributed by atoms with Crippen molar-refractivity contribution >= 4 is 40.6 Å². The minimum absolute atomic E-state index is 0.00951. The molecule has 3 aromatic rings. The van der Waals surface area contributed by atoms with Crippen molar-refractivity contribution in [2.45, 2.75) is 51.9 Å². The fraction of sp³-hybridized carbons (Fsp3) is 0.407. The first kappa shape index (κ1) is 29.0. The highest BCUT2D eigenvalue weighted by Gasteiger charge is 2.31. The van der Waals surface area contributed by atoms with Crippen molar-refractivity contribution < 1.29 is 27.1 Å². The Balaban J connectivity index is 1.59. The second-order valence-electron chi connectivity index (χ2n) is 9.97. The molecule has 1 atom stereocenters. The first-order valence-corrected chi connectivity index (χ1v) is 13.4. The Labute approximate surface area is 236 Å². The first-order valence-electron chi connectivity index (χ1n) is 13.0. The van der Waals surface area contributed by atoms with Gasteiger partial charge in [-0.2, -0.15) is 22.7 Å². The number of aromatic nitrogens is 4. The summed E-state index contributed by atoms with van der Waals surface area (Å²) in [6, 6.07) is 2.86. The monoisotopic (exact) mass is 594 g/mol. The van der Waals surface area contributed by atoms with Crippen molar-refractivity contribution in [1.82, 2.24) is 24.5 Å². The Morgan fingerprint density at radius 1 is 1.34 bits per heavy atom. The van der Waals surface area contributed by atoms with Crippen molar-refractivity contribution in [3.05, 3.63) is 67.6 Å². The molecular formula is C27H27ClF4N6O3. The van der Waals surface area contributed by atoms with Crippen LogP contribution in [0.5, 0.6) is 0 Å². The lowest BCUT2D eigenvalue weighted by Gasteiger charge is -2.17. The Morgan fingerprint density at radius 3 is 2.76 bits per heavy atom. The number of benzene rings is 1. The second kappa shape index (κ2) is 11.4. The van der Waals surface area contributed by atoms with Gasteiger partial charge in [0, 0.05) is 30.3 Å². The molecule has 0 radical (unpaired) electrons. The van der Waals surface area contributed by atoms with Crippen LogP contribution in [-0.2, 0) is 28.7 Å². The van der Waals surface area contributed by atoms with Crippen LogP contribution in [0.3, 0.4) is 0 Å². The van der Waals surface area contributed by atoms with E-state index in [4.69, 9.17) is 16.3 Å². The summed E-state index contributed by atoms with van der Waals surface area (Å²) in [6.07, 6.45) is -1.52. The van der Waals surface area contributed by atoms with Gasteiger partial charge < -0.3 is 19.9 Å². The average molecular weight is 595 g/mol. The molecular weight excluding hydrogens is 568 g/mol. The van der Waals surface area contributed by atoms with Gasteiger partial charge >= 0.3 is 6.18 Å². The van der Waals surface area contributed by atoms with Crippen LogP contribution in [0.15, 0.2) is 34.4 Å². The second-order valence-corrected chi connectivity index (χ2v) is 10.4. The molecule has 2 aromatic heterocycles. The number of ether oxygens (including phenoxy) is 1. The number of nitrogens with one attached hydrogen (secondary N) is 2. The molecule has 0 aliphatic carbocycles. The SMILES string of the molecule is CCc1c(/C=C2/CN[C@H](C)C2)c(=O)n2nc(C3=C(F)COCC3)nc2n1CC(=O)Nc1ccc(C(F)(F)F)cc1Cl. The number of alkyl halides is 3. The topological polar surface area (TPSA) is 103 Å². The van der Waals surface area contributed by atoms with E-state index in [9.17, 15) is 27.2 Å². The summed E-state index contributed by atoms with van der Waals surface area (Å²) in [4.78, 5) is 31.3. The zero-order chi connectivity index (χ0) is 29.5. The molecule has 14 heteroatoms. The molecule has 0 saturated carbocycles. The van der Waals surface area contributed by atoms with E-state index in [2.05, 4.69) is 20.7 Å². The van der Waals surface area contributed by atoms with Gasteiger partial charge in [0.25, 0.3) is 5.56 Å². The number of fused-ring (bicyclic) bond motifs is 1. The number of nitrogens with zero attached hydrogens (tertiary/aromatic N) is 4. The van der Waals surface area contributed by atoms with Gasteiger partial charge in [0.15, 0.2) is 5.82 Å². The summed E-state index contributed by atoms with van der Waals surface area (Å²) in [5, 5.41) is 9.89. The Bertz CT molecular complexity index is 1640. The third-order valence-corrected chi connectivity index (χ3v) is 7.33. The number of amides is 1. The fourth-order valence-corrected chi connectivity index (χ4v) is 5.24. The molecule has 2 N–H and O–H groups in total. The number of halogens is 5. The van der Waals surface area contributed by atoms with E-state index in [1.807, 2.05) is 13.8 Å². The van der Waals surface area contributed by atoms with Gasteiger partial charge in [-0.15, -0.1) is 5.10 Å². The number of hydrogen-bond donors (Lipinski definition) is 2. The summed E-state index contributed by atoms with van der Waals surface area (Å²) >= 11 is 6.04. The molecule has 0 spiro atoms. The maximum Gasteiger partial charge on any atom is 0.416 e. The van der Waals surface area contributed by atoms with Crippen LogP contribution in [0.1, 0.15) is 49.3 Å². The molecule has 0 unspecified atom stereocenters. The van der Waals surface area contributed by atoms with E-state index in [1.54, 1.807) is 6.08 Å². The Kier molecular flexibility index (Phi) is 8.04. The van der Waals surface area contributed by atoms with E-state index in [-0.39, 0.29) is 60.1 Å². The van der Waals surface area contributed by atoms with E-state index in [0.29, 0.717) is 24.2 Å². The van der Waals surface area contributed by atoms with Crippen molar-refractivity contribution in [3.8, 4) is 0 Å². The van der Waals surface area contributed by atoms with Crippen molar-refractivity contribution in [1.29, 1.82) is 0 Å². The zero-order valence-corrected chi connectivity index (χ0v) is 23.0. The summed E-state index contributed by atoms with van der Waals surface area (Å²) in [7, 11) is 0. The summed E-state index contributed by atoms with van der Waals surface area (Å²) < 4.78 is 61.5. The van der Waals surface area contributed by atoms with Crippen molar-refractivity contribution in [2.75, 3.05) is 25.1 Å². The van der Waals surface area contributed by atoms with E-state index in [1.165, 1.54) is 4.57 Å². The minimum atomic E-state index is -4.59. The van der Waals surface area contributed by atoms with Gasteiger partial charge in [-0.1, -0.05) is 24.1 Å². The summed E-state index contributed by atoms with van der Waals surface area (Å²) in [5.74, 6) is -1.11. The highest BCUT2D eigenvalue weighted by Crippen LogP contribution is 2.34. The van der Waals surface area contributed by atoms with E-state index in [0.717, 1.165) is 34.7 Å². The van der Waals surface area contributed by atoms with Crippen LogP contribution in [0.2, 0.25) is 5.02 Å². The van der Waals surface area contributed by atoms with Gasteiger partial charge in [-0.05, 0) is 44.0 Å². The first-order chi connectivity index (χ1) is 19.5. The van der Waals surface area contributed by atoms with Crippen molar-refractivity contribution in [2.24, 2.45) is 0 Å². The maximum absolute atomic E-state index is 14.6. The van der Waals surface area contributed by atoms with Crippen LogP contribution in [0.4, 0.5) is 23.2 Å². The predicted octanol–water partition coefficient (Wildman–Crippen LogP) is 4.63. The van der Waals surface area contributed by atoms with Gasteiger partial charge in [-0.3, -0.25) is 9.59 Å². The average Bonchev–Trinajstić information content (AvgIpc) is 3.54. The lowest BCUT2D eigenvalue weighted by atomic mass is 10.1.